The highest BCUT2D eigenvalue weighted by atomic mass is 16.4. The zero-order valence-electron chi connectivity index (χ0n) is 7.80. The van der Waals surface area contributed by atoms with E-state index in [0.29, 0.717) is 0 Å². The van der Waals surface area contributed by atoms with E-state index in [4.69, 9.17) is 5.11 Å². The smallest absolute Gasteiger partial charge is 0.337 e. The first-order chi connectivity index (χ1) is 6.56. The van der Waals surface area contributed by atoms with Gasteiger partial charge >= 0.3 is 5.97 Å². The van der Waals surface area contributed by atoms with E-state index in [2.05, 4.69) is 6.58 Å². The fourth-order valence-corrected chi connectivity index (χ4v) is 1.06. The molecule has 0 aliphatic rings. The Kier molecular flexibility index (Phi) is 2.86. The molecule has 0 aliphatic carbocycles. The normalized spacial score (nSPS) is 12.1. The number of aromatic nitrogens is 1. The molecule has 0 amide bonds. The third kappa shape index (κ3) is 1.90. The molecule has 0 aromatic carbocycles. The van der Waals surface area contributed by atoms with Crippen LogP contribution in [0, 0.1) is 0 Å². The monoisotopic (exact) mass is 193 g/mol. The number of carboxylic acid groups (broad SMARTS) is 1. The van der Waals surface area contributed by atoms with Crippen molar-refractivity contribution < 1.29 is 9.90 Å². The maximum absolute atomic E-state index is 11.3. The van der Waals surface area contributed by atoms with Crippen LogP contribution in [0.25, 0.3) is 0 Å². The van der Waals surface area contributed by atoms with E-state index in [1.54, 1.807) is 13.0 Å². The van der Waals surface area contributed by atoms with E-state index >= 15 is 0 Å². The quantitative estimate of drug-likeness (QED) is 0.736. The van der Waals surface area contributed by atoms with E-state index in [0.717, 1.165) is 0 Å². The molecule has 0 aliphatic heterocycles. The van der Waals surface area contributed by atoms with E-state index in [1.165, 1.54) is 22.9 Å². The van der Waals surface area contributed by atoms with E-state index in [-0.39, 0.29) is 17.2 Å². The number of nitrogens with zero attached hydrogens (tertiary/aromatic N) is 1. The summed E-state index contributed by atoms with van der Waals surface area (Å²) in [6.07, 6.45) is 2.89. The highest BCUT2D eigenvalue weighted by Gasteiger charge is 2.07. The topological polar surface area (TPSA) is 59.3 Å². The summed E-state index contributed by atoms with van der Waals surface area (Å²) in [6.45, 7) is 5.31. The lowest BCUT2D eigenvalue weighted by Crippen LogP contribution is -2.22. The number of rotatable bonds is 3. The summed E-state index contributed by atoms with van der Waals surface area (Å²) in [5.74, 6) is -1.05. The van der Waals surface area contributed by atoms with Crippen LogP contribution in [0.15, 0.2) is 35.8 Å². The van der Waals surface area contributed by atoms with Crippen LogP contribution in [-0.4, -0.2) is 15.6 Å². The fourth-order valence-electron chi connectivity index (χ4n) is 1.06. The Balaban J connectivity index is 3.28. The summed E-state index contributed by atoms with van der Waals surface area (Å²) < 4.78 is 1.33. The van der Waals surface area contributed by atoms with Crippen LogP contribution in [0.5, 0.6) is 0 Å². The van der Waals surface area contributed by atoms with Gasteiger partial charge in [0.25, 0.3) is 5.56 Å². The molecule has 1 aromatic heterocycles. The van der Waals surface area contributed by atoms with Crippen molar-refractivity contribution in [2.75, 3.05) is 0 Å². The van der Waals surface area contributed by atoms with Crippen LogP contribution in [0.1, 0.15) is 23.3 Å². The minimum Gasteiger partial charge on any atom is -0.478 e. The van der Waals surface area contributed by atoms with Gasteiger partial charge in [0.05, 0.1) is 11.6 Å². The third-order valence-electron chi connectivity index (χ3n) is 1.96. The molecule has 0 saturated heterocycles. The predicted molar refractivity (Wildman–Crippen MR) is 52.6 cm³/mol. The molecule has 1 rings (SSSR count). The summed E-state index contributed by atoms with van der Waals surface area (Å²) in [5.41, 5.74) is -0.138. The minimum absolute atomic E-state index is 0.0956. The van der Waals surface area contributed by atoms with Crippen LogP contribution >= 0.6 is 0 Å². The van der Waals surface area contributed by atoms with Gasteiger partial charge in [-0.15, -0.1) is 6.58 Å². The highest BCUT2D eigenvalue weighted by Crippen LogP contribution is 2.04. The maximum atomic E-state index is 11.3. The Labute approximate surface area is 81.1 Å². The molecule has 0 radical (unpaired) electrons. The van der Waals surface area contributed by atoms with Gasteiger partial charge in [0.1, 0.15) is 0 Å². The van der Waals surface area contributed by atoms with Crippen molar-refractivity contribution in [2.45, 2.75) is 13.0 Å². The second-order valence-electron chi connectivity index (χ2n) is 2.94. The largest absolute Gasteiger partial charge is 0.478 e. The van der Waals surface area contributed by atoms with Crippen molar-refractivity contribution in [3.8, 4) is 0 Å². The molecule has 1 atom stereocenters. The number of hydrogen-bond acceptors (Lipinski definition) is 2. The predicted octanol–water partition coefficient (Wildman–Crippen LogP) is 1.29. The third-order valence-corrected chi connectivity index (χ3v) is 1.96. The zero-order valence-corrected chi connectivity index (χ0v) is 7.80. The Bertz CT molecular complexity index is 420. The average Bonchev–Trinajstić information content (AvgIpc) is 2.17. The zero-order chi connectivity index (χ0) is 10.7. The highest BCUT2D eigenvalue weighted by molar-refractivity contribution is 5.87. The fraction of sp³-hybridized carbons (Fsp3) is 0.200. The molecule has 14 heavy (non-hydrogen) atoms. The van der Waals surface area contributed by atoms with Gasteiger partial charge in [-0.2, -0.15) is 0 Å². The molecular weight excluding hydrogens is 182 g/mol. The summed E-state index contributed by atoms with van der Waals surface area (Å²) in [4.78, 5) is 22.0. The van der Waals surface area contributed by atoms with Crippen molar-refractivity contribution in [1.29, 1.82) is 0 Å². The summed E-state index contributed by atoms with van der Waals surface area (Å²) in [5, 5.41) is 8.71. The Morgan fingerprint density at radius 1 is 1.64 bits per heavy atom. The molecule has 0 saturated carbocycles. The van der Waals surface area contributed by atoms with E-state index in [1.807, 2.05) is 0 Å². The van der Waals surface area contributed by atoms with Crippen LogP contribution in [0.3, 0.4) is 0 Å². The lowest BCUT2D eigenvalue weighted by Gasteiger charge is -2.10. The standard InChI is InChI=1S/C10H11NO3/c1-3-7(2)11-6-8(10(13)14)4-5-9(11)12/h3-7H,1H2,2H3,(H,13,14). The van der Waals surface area contributed by atoms with E-state index in [9.17, 15) is 9.59 Å². The first-order valence-electron chi connectivity index (χ1n) is 4.14. The number of hydrogen-bond donors (Lipinski definition) is 1. The maximum Gasteiger partial charge on any atom is 0.337 e. The van der Waals surface area contributed by atoms with Crippen molar-refractivity contribution in [1.82, 2.24) is 4.57 Å². The number of carbonyl (C=O) groups is 1. The van der Waals surface area contributed by atoms with Crippen LogP contribution < -0.4 is 5.56 Å². The summed E-state index contributed by atoms with van der Waals surface area (Å²) in [6, 6.07) is 2.32. The van der Waals surface area contributed by atoms with Gasteiger partial charge < -0.3 is 9.67 Å². The molecule has 0 fully saturated rings. The summed E-state index contributed by atoms with van der Waals surface area (Å²) >= 11 is 0. The second-order valence-corrected chi connectivity index (χ2v) is 2.94. The van der Waals surface area contributed by atoms with E-state index < -0.39 is 5.97 Å². The van der Waals surface area contributed by atoms with Gasteiger partial charge in [-0.25, -0.2) is 4.79 Å². The Morgan fingerprint density at radius 3 is 2.79 bits per heavy atom. The lowest BCUT2D eigenvalue weighted by molar-refractivity contribution is 0.0696. The molecule has 4 heteroatoms. The molecule has 0 bridgehead atoms. The van der Waals surface area contributed by atoms with Crippen molar-refractivity contribution >= 4 is 5.97 Å². The lowest BCUT2D eigenvalue weighted by atomic mass is 10.2. The average molecular weight is 193 g/mol. The Morgan fingerprint density at radius 2 is 2.29 bits per heavy atom. The van der Waals surface area contributed by atoms with Crippen molar-refractivity contribution in [3.63, 3.8) is 0 Å². The first-order valence-corrected chi connectivity index (χ1v) is 4.14. The molecule has 74 valence electrons. The van der Waals surface area contributed by atoms with Crippen molar-refractivity contribution in [3.05, 3.63) is 46.9 Å². The van der Waals surface area contributed by atoms with Crippen LogP contribution in [0.2, 0.25) is 0 Å². The number of aromatic carboxylic acids is 1. The van der Waals surface area contributed by atoms with Gasteiger partial charge in [-0.3, -0.25) is 4.79 Å². The van der Waals surface area contributed by atoms with Gasteiger partial charge in [-0.1, -0.05) is 6.08 Å². The minimum atomic E-state index is -1.05. The molecular formula is C10H11NO3. The molecule has 1 N–H and O–H groups in total. The SMILES string of the molecule is C=CC(C)n1cc(C(=O)O)ccc1=O. The first kappa shape index (κ1) is 10.2. The van der Waals surface area contributed by atoms with Crippen molar-refractivity contribution in [2.24, 2.45) is 0 Å². The summed E-state index contributed by atoms with van der Waals surface area (Å²) in [7, 11) is 0. The molecule has 0 spiro atoms. The van der Waals surface area contributed by atoms with Crippen LogP contribution in [-0.2, 0) is 0 Å². The number of carboxylic acids is 1. The van der Waals surface area contributed by atoms with Gasteiger partial charge in [0.2, 0.25) is 0 Å². The van der Waals surface area contributed by atoms with Gasteiger partial charge in [0.15, 0.2) is 0 Å². The second kappa shape index (κ2) is 3.91. The van der Waals surface area contributed by atoms with Crippen LogP contribution in [0.4, 0.5) is 0 Å². The number of pyridine rings is 1. The Hall–Kier alpha value is -1.84. The molecule has 4 nitrogen and oxygen atoms in total. The van der Waals surface area contributed by atoms with Gasteiger partial charge in [-0.05, 0) is 13.0 Å². The molecule has 1 unspecified atom stereocenters. The molecule has 1 aromatic rings. The van der Waals surface area contributed by atoms with Gasteiger partial charge in [0, 0.05) is 12.3 Å². The number of allylic oxidation sites excluding steroid dienone is 1. The molecule has 1 heterocycles.